The van der Waals surface area contributed by atoms with Crippen molar-refractivity contribution in [1.82, 2.24) is 0 Å². The van der Waals surface area contributed by atoms with Gasteiger partial charge in [-0.25, -0.2) is 4.79 Å². The molecular weight excluding hydrogens is 212 g/mol. The highest BCUT2D eigenvalue weighted by Crippen LogP contribution is 2.17. The molecule has 1 aliphatic rings. The molecule has 5 nitrogen and oxygen atoms in total. The second kappa shape index (κ2) is 4.32. The van der Waals surface area contributed by atoms with Crippen LogP contribution in [0.5, 0.6) is 5.75 Å². The number of ketones is 1. The molecule has 0 spiro atoms. The van der Waals surface area contributed by atoms with E-state index in [0.29, 0.717) is 19.0 Å². The van der Waals surface area contributed by atoms with Crippen LogP contribution in [-0.2, 0) is 9.53 Å². The van der Waals surface area contributed by atoms with Crippen LogP contribution in [0.25, 0.3) is 0 Å². The number of hydrogen-bond donors (Lipinski definition) is 1. The van der Waals surface area contributed by atoms with E-state index < -0.39 is 11.8 Å². The number of carbonyl (C=O) groups excluding carboxylic acids is 1. The maximum atomic E-state index is 11.1. The van der Waals surface area contributed by atoms with Gasteiger partial charge in [0.25, 0.3) is 5.78 Å². The molecule has 1 N–H and O–H groups in total. The lowest BCUT2D eigenvalue weighted by atomic mass is 10.1. The molecule has 0 saturated carbocycles. The van der Waals surface area contributed by atoms with Gasteiger partial charge in [-0.15, -0.1) is 0 Å². The van der Waals surface area contributed by atoms with Crippen molar-refractivity contribution in [3.05, 3.63) is 29.8 Å². The number of carboxylic acids is 1. The molecule has 1 aromatic carbocycles. The first kappa shape index (κ1) is 10.6. The summed E-state index contributed by atoms with van der Waals surface area (Å²) in [6, 6.07) is 6.03. The van der Waals surface area contributed by atoms with Crippen molar-refractivity contribution in [2.45, 2.75) is 6.10 Å². The number of carbonyl (C=O) groups is 2. The molecule has 1 aromatic rings. The topological polar surface area (TPSA) is 72.8 Å². The first-order chi connectivity index (χ1) is 7.66. The molecule has 0 unspecified atom stereocenters. The average Bonchev–Trinajstić information content (AvgIpc) is 2.23. The summed E-state index contributed by atoms with van der Waals surface area (Å²) < 4.78 is 10.4. The number of aliphatic carboxylic acids is 1. The summed E-state index contributed by atoms with van der Waals surface area (Å²) in [6.45, 7) is 1.13. The summed E-state index contributed by atoms with van der Waals surface area (Å²) >= 11 is 0. The van der Waals surface area contributed by atoms with Crippen molar-refractivity contribution in [2.24, 2.45) is 0 Å². The Morgan fingerprint density at radius 2 is 1.88 bits per heavy atom. The van der Waals surface area contributed by atoms with E-state index in [1.165, 1.54) is 12.1 Å². The number of ether oxygens (including phenoxy) is 2. The average molecular weight is 222 g/mol. The van der Waals surface area contributed by atoms with Gasteiger partial charge in [-0.3, -0.25) is 4.79 Å². The molecule has 2 rings (SSSR count). The minimum absolute atomic E-state index is 0.0565. The van der Waals surface area contributed by atoms with Gasteiger partial charge in [0, 0.05) is 5.56 Å². The molecular formula is C11H10O5. The second-order valence-corrected chi connectivity index (χ2v) is 3.44. The Morgan fingerprint density at radius 3 is 2.31 bits per heavy atom. The van der Waals surface area contributed by atoms with Gasteiger partial charge in [-0.2, -0.15) is 0 Å². The van der Waals surface area contributed by atoms with Crippen LogP contribution in [0.2, 0.25) is 0 Å². The van der Waals surface area contributed by atoms with Crippen molar-refractivity contribution >= 4 is 11.8 Å². The molecule has 0 aromatic heterocycles. The zero-order valence-corrected chi connectivity index (χ0v) is 8.38. The third-order valence-electron chi connectivity index (χ3n) is 2.22. The van der Waals surface area contributed by atoms with E-state index in [0.717, 1.165) is 0 Å². The van der Waals surface area contributed by atoms with Gasteiger partial charge in [0.2, 0.25) is 0 Å². The number of carboxylic acid groups (broad SMARTS) is 1. The maximum absolute atomic E-state index is 11.1. The number of Topliss-reactive ketones (excluding diaryl/α,β-unsaturated/α-hetero) is 1. The normalized spacial score (nSPS) is 15.2. The molecule has 0 aliphatic carbocycles. The molecule has 84 valence electrons. The van der Waals surface area contributed by atoms with Crippen LogP contribution in [0.1, 0.15) is 10.4 Å². The van der Waals surface area contributed by atoms with Crippen LogP contribution in [0.15, 0.2) is 24.3 Å². The van der Waals surface area contributed by atoms with Gasteiger partial charge >= 0.3 is 5.97 Å². The van der Waals surface area contributed by atoms with Crippen molar-refractivity contribution in [3.8, 4) is 5.75 Å². The minimum Gasteiger partial charge on any atom is -0.486 e. The van der Waals surface area contributed by atoms with Gasteiger partial charge in [-0.1, -0.05) is 0 Å². The highest BCUT2D eigenvalue weighted by molar-refractivity contribution is 6.39. The van der Waals surface area contributed by atoms with Crippen molar-refractivity contribution in [1.29, 1.82) is 0 Å². The first-order valence-corrected chi connectivity index (χ1v) is 4.79. The summed E-state index contributed by atoms with van der Waals surface area (Å²) in [5, 5.41) is 8.50. The second-order valence-electron chi connectivity index (χ2n) is 3.44. The Labute approximate surface area is 91.6 Å². The molecule has 1 heterocycles. The molecule has 5 heteroatoms. The predicted molar refractivity (Wildman–Crippen MR) is 53.6 cm³/mol. The smallest absolute Gasteiger partial charge is 0.377 e. The quantitative estimate of drug-likeness (QED) is 0.600. The van der Waals surface area contributed by atoms with Crippen LogP contribution < -0.4 is 4.74 Å². The zero-order valence-electron chi connectivity index (χ0n) is 8.38. The summed E-state index contributed by atoms with van der Waals surface area (Å²) in [4.78, 5) is 21.5. The number of rotatable bonds is 4. The van der Waals surface area contributed by atoms with Crippen LogP contribution >= 0.6 is 0 Å². The molecule has 0 bridgehead atoms. The van der Waals surface area contributed by atoms with Gasteiger partial charge in [0.1, 0.15) is 11.9 Å². The van der Waals surface area contributed by atoms with E-state index in [1.54, 1.807) is 12.1 Å². The van der Waals surface area contributed by atoms with Gasteiger partial charge < -0.3 is 14.6 Å². The first-order valence-electron chi connectivity index (χ1n) is 4.79. The van der Waals surface area contributed by atoms with E-state index in [-0.39, 0.29) is 11.7 Å². The molecule has 0 atom stereocenters. The van der Waals surface area contributed by atoms with Crippen LogP contribution in [-0.4, -0.2) is 36.2 Å². The molecule has 0 amide bonds. The van der Waals surface area contributed by atoms with Gasteiger partial charge in [-0.05, 0) is 24.3 Å². The lowest BCUT2D eigenvalue weighted by molar-refractivity contribution is -0.131. The molecule has 1 fully saturated rings. The van der Waals surface area contributed by atoms with Gasteiger partial charge in [0.05, 0.1) is 13.2 Å². The predicted octanol–water partition coefficient (Wildman–Crippen LogP) is 0.732. The van der Waals surface area contributed by atoms with E-state index in [9.17, 15) is 9.59 Å². The van der Waals surface area contributed by atoms with E-state index in [4.69, 9.17) is 14.6 Å². The van der Waals surface area contributed by atoms with Crippen molar-refractivity contribution in [3.63, 3.8) is 0 Å². The monoisotopic (exact) mass is 222 g/mol. The summed E-state index contributed by atoms with van der Waals surface area (Å²) in [5.41, 5.74) is 0.143. The lowest BCUT2D eigenvalue weighted by Gasteiger charge is -2.26. The highest BCUT2D eigenvalue weighted by atomic mass is 16.6. The Hall–Kier alpha value is -1.88. The highest BCUT2D eigenvalue weighted by Gasteiger charge is 2.20. The standard InChI is InChI=1S/C11H10O5/c12-10(11(13)14)7-1-3-8(4-2-7)16-9-5-15-6-9/h1-4,9H,5-6H2,(H,13,14). The fourth-order valence-corrected chi connectivity index (χ4v) is 1.28. The van der Waals surface area contributed by atoms with Crippen LogP contribution in [0, 0.1) is 0 Å². The Bertz CT molecular complexity index is 405. The largest absolute Gasteiger partial charge is 0.486 e. The molecule has 1 aliphatic heterocycles. The Balaban J connectivity index is 2.03. The minimum atomic E-state index is -1.46. The van der Waals surface area contributed by atoms with Gasteiger partial charge in [0.15, 0.2) is 0 Å². The summed E-state index contributed by atoms with van der Waals surface area (Å²) in [7, 11) is 0. The third kappa shape index (κ3) is 2.20. The SMILES string of the molecule is O=C(O)C(=O)c1ccc(OC2COC2)cc1. The fourth-order valence-electron chi connectivity index (χ4n) is 1.28. The van der Waals surface area contributed by atoms with Crippen molar-refractivity contribution in [2.75, 3.05) is 13.2 Å². The fraction of sp³-hybridized carbons (Fsp3) is 0.273. The Kier molecular flexibility index (Phi) is 2.87. The van der Waals surface area contributed by atoms with E-state index >= 15 is 0 Å². The molecule has 1 saturated heterocycles. The van der Waals surface area contributed by atoms with E-state index in [2.05, 4.69) is 0 Å². The van der Waals surface area contributed by atoms with Crippen LogP contribution in [0.3, 0.4) is 0 Å². The summed E-state index contributed by atoms with van der Waals surface area (Å²) in [5.74, 6) is -1.77. The lowest BCUT2D eigenvalue weighted by Crippen LogP contribution is -2.38. The zero-order chi connectivity index (χ0) is 11.5. The van der Waals surface area contributed by atoms with Crippen molar-refractivity contribution < 1.29 is 24.2 Å². The maximum Gasteiger partial charge on any atom is 0.377 e. The molecule has 16 heavy (non-hydrogen) atoms. The Morgan fingerprint density at radius 1 is 1.25 bits per heavy atom. The third-order valence-corrected chi connectivity index (χ3v) is 2.22. The molecule has 0 radical (unpaired) electrons. The van der Waals surface area contributed by atoms with Crippen LogP contribution in [0.4, 0.5) is 0 Å². The number of hydrogen-bond acceptors (Lipinski definition) is 4. The summed E-state index contributed by atoms with van der Waals surface area (Å²) in [6.07, 6.45) is 0.0565. The van der Waals surface area contributed by atoms with E-state index in [1.807, 2.05) is 0 Å². The number of benzene rings is 1.